The summed E-state index contributed by atoms with van der Waals surface area (Å²) >= 11 is 0. The average Bonchev–Trinajstić information content (AvgIpc) is 3.63. The first-order valence-electron chi connectivity index (χ1n) is 9.72. The van der Waals surface area contributed by atoms with Gasteiger partial charge in [-0.25, -0.2) is 13.2 Å². The zero-order chi connectivity index (χ0) is 23.5. The third-order valence-corrected chi connectivity index (χ3v) is 7.13. The molecule has 0 radical (unpaired) electrons. The minimum atomic E-state index is -4.76. The molecule has 2 saturated carbocycles. The van der Waals surface area contributed by atoms with Crippen LogP contribution in [0.15, 0.2) is 45.3 Å². The number of nitrogens with zero attached hydrogens (tertiary/aromatic N) is 2. The third kappa shape index (κ3) is 3.86. The van der Waals surface area contributed by atoms with Gasteiger partial charge in [0.2, 0.25) is 10.0 Å². The van der Waals surface area contributed by atoms with Gasteiger partial charge in [0.1, 0.15) is 5.54 Å². The maximum atomic E-state index is 13.2. The van der Waals surface area contributed by atoms with E-state index in [-0.39, 0.29) is 36.2 Å². The monoisotopic (exact) mass is 472 g/mol. The van der Waals surface area contributed by atoms with Crippen LogP contribution in [0.3, 0.4) is 0 Å². The van der Waals surface area contributed by atoms with Gasteiger partial charge in [0.15, 0.2) is 0 Å². The number of hydrogen-bond acceptors (Lipinski definition) is 5. The number of amides is 1. The molecule has 4 rings (SSSR count). The van der Waals surface area contributed by atoms with Gasteiger partial charge in [-0.2, -0.15) is 22.6 Å². The van der Waals surface area contributed by atoms with Crippen LogP contribution in [0.4, 0.5) is 13.2 Å². The predicted molar refractivity (Wildman–Crippen MR) is 108 cm³/mol. The highest BCUT2D eigenvalue weighted by Crippen LogP contribution is 2.49. The lowest BCUT2D eigenvalue weighted by Crippen LogP contribution is -2.48. The highest BCUT2D eigenvalue weighted by Gasteiger charge is 2.65. The maximum Gasteiger partial charge on any atom is 0.407 e. The molecule has 1 amide bonds. The van der Waals surface area contributed by atoms with Gasteiger partial charge < -0.3 is 0 Å². The zero-order valence-electron chi connectivity index (χ0n) is 16.6. The summed E-state index contributed by atoms with van der Waals surface area (Å²) in [5, 5.41) is -0.241. The molecule has 0 aliphatic heterocycles. The molecule has 2 fully saturated rings. The SMILES string of the molecule is C=CC(=O)Nn1c(=O)c2cc(S(=O)(=O)NC3(C(F)(F)F)CC3)ccc2n(CC2CC2)c1=O. The summed E-state index contributed by atoms with van der Waals surface area (Å²) in [5.41, 5.74) is -2.17. The first-order chi connectivity index (χ1) is 14.9. The number of nitrogens with one attached hydrogen (secondary N) is 2. The molecular formula is C19H19F3N4O5S. The number of carbonyl (C=O) groups is 1. The number of benzene rings is 1. The molecule has 0 spiro atoms. The van der Waals surface area contributed by atoms with Crippen molar-refractivity contribution in [3.05, 3.63) is 51.7 Å². The largest absolute Gasteiger partial charge is 0.407 e. The molecule has 2 aliphatic carbocycles. The quantitative estimate of drug-likeness (QED) is 0.587. The van der Waals surface area contributed by atoms with Crippen molar-refractivity contribution in [3.8, 4) is 0 Å². The van der Waals surface area contributed by atoms with Crippen molar-refractivity contribution in [2.75, 3.05) is 5.43 Å². The first-order valence-corrected chi connectivity index (χ1v) is 11.2. The van der Waals surface area contributed by atoms with E-state index in [1.807, 2.05) is 0 Å². The molecule has 2 aromatic rings. The van der Waals surface area contributed by atoms with Gasteiger partial charge in [-0.1, -0.05) is 6.58 Å². The Balaban J connectivity index is 1.85. The van der Waals surface area contributed by atoms with E-state index in [0.717, 1.165) is 31.1 Å². The summed E-state index contributed by atoms with van der Waals surface area (Å²) in [4.78, 5) is 36.9. The molecule has 9 nitrogen and oxygen atoms in total. The lowest BCUT2D eigenvalue weighted by Gasteiger charge is -2.21. The Morgan fingerprint density at radius 2 is 1.91 bits per heavy atom. The minimum Gasteiger partial charge on any atom is -0.291 e. The fourth-order valence-electron chi connectivity index (χ4n) is 3.39. The summed E-state index contributed by atoms with van der Waals surface area (Å²) in [6, 6.07) is 3.17. The molecule has 13 heteroatoms. The van der Waals surface area contributed by atoms with E-state index in [0.29, 0.717) is 4.68 Å². The summed E-state index contributed by atoms with van der Waals surface area (Å²) in [6.45, 7) is 3.49. The van der Waals surface area contributed by atoms with Crippen LogP contribution in [-0.2, 0) is 21.4 Å². The van der Waals surface area contributed by atoms with Crippen molar-refractivity contribution in [2.45, 2.75) is 48.8 Å². The molecule has 2 N–H and O–H groups in total. The number of carbonyl (C=O) groups excluding carboxylic acids is 1. The molecular weight excluding hydrogens is 453 g/mol. The van der Waals surface area contributed by atoms with Crippen LogP contribution in [0.5, 0.6) is 0 Å². The van der Waals surface area contributed by atoms with Gasteiger partial charge >= 0.3 is 11.9 Å². The molecule has 2 aliphatic rings. The molecule has 0 unspecified atom stereocenters. The van der Waals surface area contributed by atoms with Gasteiger partial charge in [-0.05, 0) is 55.9 Å². The van der Waals surface area contributed by atoms with Crippen molar-refractivity contribution in [2.24, 2.45) is 5.92 Å². The van der Waals surface area contributed by atoms with E-state index in [1.165, 1.54) is 10.6 Å². The number of aromatic nitrogens is 2. The highest BCUT2D eigenvalue weighted by molar-refractivity contribution is 7.89. The fourth-order valence-corrected chi connectivity index (χ4v) is 4.87. The molecule has 0 saturated heterocycles. The Kier molecular flexibility index (Phi) is 5.08. The molecule has 0 bridgehead atoms. The van der Waals surface area contributed by atoms with Crippen LogP contribution in [0, 0.1) is 5.92 Å². The Labute approximate surface area is 179 Å². The topological polar surface area (TPSA) is 119 Å². The van der Waals surface area contributed by atoms with Crippen LogP contribution in [0.25, 0.3) is 10.9 Å². The van der Waals surface area contributed by atoms with Crippen molar-refractivity contribution < 1.29 is 26.4 Å². The van der Waals surface area contributed by atoms with Crippen molar-refractivity contribution in [1.82, 2.24) is 14.0 Å². The number of sulfonamides is 1. The minimum absolute atomic E-state index is 0.118. The molecule has 32 heavy (non-hydrogen) atoms. The summed E-state index contributed by atoms with van der Waals surface area (Å²) in [7, 11) is -4.63. The Morgan fingerprint density at radius 1 is 1.25 bits per heavy atom. The Bertz CT molecular complexity index is 1350. The summed E-state index contributed by atoms with van der Waals surface area (Å²) in [6.07, 6.45) is -2.96. The Hall–Kier alpha value is -2.93. The summed E-state index contributed by atoms with van der Waals surface area (Å²) in [5.74, 6) is -0.656. The van der Waals surface area contributed by atoms with Crippen LogP contribution >= 0.6 is 0 Å². The second-order valence-electron chi connectivity index (χ2n) is 8.02. The van der Waals surface area contributed by atoms with E-state index >= 15 is 0 Å². The zero-order valence-corrected chi connectivity index (χ0v) is 17.4. The average molecular weight is 472 g/mol. The van der Waals surface area contributed by atoms with E-state index in [4.69, 9.17) is 0 Å². The Morgan fingerprint density at radius 3 is 2.44 bits per heavy atom. The fraction of sp³-hybridized carbons (Fsp3) is 0.421. The van der Waals surface area contributed by atoms with Gasteiger partial charge in [-0.15, -0.1) is 0 Å². The lowest BCUT2D eigenvalue weighted by atomic mass is 10.2. The normalized spacial score (nSPS) is 17.8. The second kappa shape index (κ2) is 7.30. The summed E-state index contributed by atoms with van der Waals surface area (Å²) < 4.78 is 68.4. The van der Waals surface area contributed by atoms with Crippen LogP contribution in [0.1, 0.15) is 25.7 Å². The number of halogens is 3. The van der Waals surface area contributed by atoms with Crippen molar-refractivity contribution in [3.63, 3.8) is 0 Å². The number of rotatable bonds is 7. The number of hydrogen-bond donors (Lipinski definition) is 2. The maximum absolute atomic E-state index is 13.2. The number of fused-ring (bicyclic) bond motifs is 1. The smallest absolute Gasteiger partial charge is 0.291 e. The van der Waals surface area contributed by atoms with Gasteiger partial charge in [0.05, 0.1) is 15.8 Å². The van der Waals surface area contributed by atoms with Gasteiger partial charge in [0.25, 0.3) is 11.5 Å². The van der Waals surface area contributed by atoms with Crippen LogP contribution in [-0.4, -0.2) is 35.3 Å². The number of alkyl halides is 3. The molecule has 1 aromatic heterocycles. The van der Waals surface area contributed by atoms with Gasteiger partial charge in [0, 0.05) is 6.54 Å². The second-order valence-corrected chi connectivity index (χ2v) is 9.70. The lowest BCUT2D eigenvalue weighted by molar-refractivity contribution is -0.160. The van der Waals surface area contributed by atoms with Gasteiger partial charge in [-0.3, -0.25) is 19.6 Å². The van der Waals surface area contributed by atoms with Crippen LogP contribution < -0.4 is 21.4 Å². The van der Waals surface area contributed by atoms with E-state index < -0.39 is 43.8 Å². The molecule has 172 valence electrons. The third-order valence-electron chi connectivity index (χ3n) is 5.59. The van der Waals surface area contributed by atoms with Crippen LogP contribution in [0.2, 0.25) is 0 Å². The van der Waals surface area contributed by atoms with E-state index in [1.54, 1.807) is 4.72 Å². The molecule has 1 heterocycles. The predicted octanol–water partition coefficient (Wildman–Crippen LogP) is 1.20. The first kappa shape index (κ1) is 22.3. The van der Waals surface area contributed by atoms with Crippen molar-refractivity contribution >= 4 is 26.8 Å². The van der Waals surface area contributed by atoms with Crippen molar-refractivity contribution in [1.29, 1.82) is 0 Å². The van der Waals surface area contributed by atoms with E-state index in [9.17, 15) is 36.0 Å². The van der Waals surface area contributed by atoms with E-state index in [2.05, 4.69) is 12.0 Å². The molecule has 0 atom stereocenters. The molecule has 1 aromatic carbocycles. The standard InChI is InChI=1S/C19H19F3N4O5S/c1-2-15(27)23-26-16(28)13-9-12(32(30,31)24-18(7-8-18)19(20,21)22)5-6-14(13)25(17(26)29)10-11-3-4-11/h2,5-6,9,11,24H,1,3-4,7-8,10H2,(H,23,27). The highest BCUT2D eigenvalue weighted by atomic mass is 32.2.